The average Bonchev–Trinajstić information content (AvgIpc) is 2.97. The number of nitrogens with zero attached hydrogens (tertiary/aromatic N) is 2. The lowest BCUT2D eigenvalue weighted by Gasteiger charge is -2.34. The molecule has 25 heavy (non-hydrogen) atoms. The molecule has 1 saturated carbocycles. The van der Waals surface area contributed by atoms with E-state index in [0.29, 0.717) is 5.92 Å². The Morgan fingerprint density at radius 3 is 2.96 bits per heavy atom. The van der Waals surface area contributed by atoms with E-state index in [-0.39, 0.29) is 24.0 Å². The monoisotopic (exact) mass is 347 g/mol. The molecule has 5 nitrogen and oxygen atoms in total. The molecule has 1 aromatic heterocycles. The highest BCUT2D eigenvalue weighted by Gasteiger charge is 2.32. The van der Waals surface area contributed by atoms with Crippen molar-refractivity contribution < 1.29 is 9.53 Å². The minimum Gasteiger partial charge on any atom is -0.376 e. The van der Waals surface area contributed by atoms with Gasteiger partial charge in [0.2, 0.25) is 5.91 Å². The second-order valence-corrected chi connectivity index (χ2v) is 8.17. The van der Waals surface area contributed by atoms with Gasteiger partial charge >= 0.3 is 0 Å². The number of fused-ring (bicyclic) bond motifs is 1. The summed E-state index contributed by atoms with van der Waals surface area (Å²) in [6.45, 7) is 5.25. The normalized spacial score (nSPS) is 26.5. The standard InChI is InChI=1S/C20H33N3O2/c1-14(2)10-11-25-19-7-5-4-6-17(19)22-20(24)15-8-9-16-13-21-23(3)18(16)12-15/h13-15,17,19H,4-12H2,1-3H3,(H,22,24)/t15?,17-,19-/m1/s1. The lowest BCUT2D eigenvalue weighted by Crippen LogP contribution is -2.49. The molecular formula is C20H33N3O2. The van der Waals surface area contributed by atoms with Crippen LogP contribution in [0.25, 0.3) is 0 Å². The number of aryl methyl sites for hydroxylation is 2. The van der Waals surface area contributed by atoms with Gasteiger partial charge in [-0.2, -0.15) is 5.10 Å². The highest BCUT2D eigenvalue weighted by Crippen LogP contribution is 2.27. The van der Waals surface area contributed by atoms with Crippen molar-refractivity contribution in [2.45, 2.75) is 77.4 Å². The van der Waals surface area contributed by atoms with Crippen LogP contribution >= 0.6 is 0 Å². The van der Waals surface area contributed by atoms with E-state index in [0.717, 1.165) is 45.1 Å². The third-order valence-corrected chi connectivity index (χ3v) is 5.78. The van der Waals surface area contributed by atoms with Crippen molar-refractivity contribution in [1.82, 2.24) is 15.1 Å². The first kappa shape index (κ1) is 18.4. The van der Waals surface area contributed by atoms with Crippen molar-refractivity contribution in [3.63, 3.8) is 0 Å². The molecule has 1 aromatic rings. The Morgan fingerprint density at radius 2 is 2.16 bits per heavy atom. The van der Waals surface area contributed by atoms with E-state index in [1.165, 1.54) is 24.1 Å². The summed E-state index contributed by atoms with van der Waals surface area (Å²) in [6.07, 6.45) is 10.4. The number of carbonyl (C=O) groups excluding carboxylic acids is 1. The third kappa shape index (κ3) is 4.63. The van der Waals surface area contributed by atoms with E-state index in [9.17, 15) is 4.79 Å². The number of aromatic nitrogens is 2. The summed E-state index contributed by atoms with van der Waals surface area (Å²) in [7, 11) is 1.97. The Kier molecular flexibility index (Phi) is 6.15. The number of nitrogens with one attached hydrogen (secondary N) is 1. The molecule has 0 spiro atoms. The van der Waals surface area contributed by atoms with Crippen LogP contribution in [-0.2, 0) is 29.4 Å². The minimum absolute atomic E-state index is 0.0705. The highest BCUT2D eigenvalue weighted by molar-refractivity contribution is 5.79. The van der Waals surface area contributed by atoms with E-state index in [1.807, 2.05) is 17.9 Å². The molecule has 1 N–H and O–H groups in total. The van der Waals surface area contributed by atoms with Gasteiger partial charge in [0.25, 0.3) is 0 Å². The van der Waals surface area contributed by atoms with E-state index in [4.69, 9.17) is 4.74 Å². The Hall–Kier alpha value is -1.36. The maximum absolute atomic E-state index is 12.8. The minimum atomic E-state index is 0.0705. The van der Waals surface area contributed by atoms with Crippen molar-refractivity contribution in [3.05, 3.63) is 17.5 Å². The molecule has 3 rings (SSSR count). The zero-order valence-electron chi connectivity index (χ0n) is 16.0. The van der Waals surface area contributed by atoms with Crippen LogP contribution in [0, 0.1) is 11.8 Å². The first-order valence-electron chi connectivity index (χ1n) is 9.96. The molecule has 3 atom stereocenters. The van der Waals surface area contributed by atoms with Crippen molar-refractivity contribution in [1.29, 1.82) is 0 Å². The molecule has 1 unspecified atom stereocenters. The summed E-state index contributed by atoms with van der Waals surface area (Å²) < 4.78 is 8.05. The summed E-state index contributed by atoms with van der Waals surface area (Å²) in [6, 6.07) is 0.182. The van der Waals surface area contributed by atoms with E-state index in [2.05, 4.69) is 24.3 Å². The number of hydrogen-bond donors (Lipinski definition) is 1. The molecule has 0 aromatic carbocycles. The molecule has 0 aliphatic heterocycles. The fourth-order valence-electron chi connectivity index (χ4n) is 4.09. The van der Waals surface area contributed by atoms with Crippen LogP contribution in [0.5, 0.6) is 0 Å². The van der Waals surface area contributed by atoms with Gasteiger partial charge in [0.15, 0.2) is 0 Å². The predicted molar refractivity (Wildman–Crippen MR) is 98.3 cm³/mol. The van der Waals surface area contributed by atoms with Crippen molar-refractivity contribution in [2.24, 2.45) is 18.9 Å². The zero-order chi connectivity index (χ0) is 17.8. The number of carbonyl (C=O) groups is 1. The summed E-state index contributed by atoms with van der Waals surface area (Å²) >= 11 is 0. The third-order valence-electron chi connectivity index (χ3n) is 5.78. The van der Waals surface area contributed by atoms with Crippen LogP contribution in [-0.4, -0.2) is 34.4 Å². The quantitative estimate of drug-likeness (QED) is 0.860. The lowest BCUT2D eigenvalue weighted by atomic mass is 9.86. The first-order chi connectivity index (χ1) is 12.0. The summed E-state index contributed by atoms with van der Waals surface area (Å²) in [5.41, 5.74) is 2.53. The molecule has 140 valence electrons. The molecule has 0 bridgehead atoms. The molecule has 0 radical (unpaired) electrons. The average molecular weight is 348 g/mol. The SMILES string of the molecule is CC(C)CCO[C@@H]1CCCC[C@H]1NC(=O)C1CCc2cnn(C)c2C1. The van der Waals surface area contributed by atoms with Crippen LogP contribution in [0.3, 0.4) is 0 Å². The Balaban J connectivity index is 1.54. The Bertz CT molecular complexity index is 581. The van der Waals surface area contributed by atoms with Gasteiger partial charge in [0.05, 0.1) is 18.3 Å². The number of rotatable bonds is 6. The number of amides is 1. The maximum Gasteiger partial charge on any atom is 0.223 e. The summed E-state index contributed by atoms with van der Waals surface area (Å²) in [5, 5.41) is 7.66. The van der Waals surface area contributed by atoms with Crippen molar-refractivity contribution >= 4 is 5.91 Å². The largest absolute Gasteiger partial charge is 0.376 e. The van der Waals surface area contributed by atoms with Gasteiger partial charge < -0.3 is 10.1 Å². The van der Waals surface area contributed by atoms with Crippen molar-refractivity contribution in [3.8, 4) is 0 Å². The van der Waals surface area contributed by atoms with Gasteiger partial charge in [-0.1, -0.05) is 26.7 Å². The molecule has 0 saturated heterocycles. The van der Waals surface area contributed by atoms with Gasteiger partial charge in [0.1, 0.15) is 0 Å². The fourth-order valence-corrected chi connectivity index (χ4v) is 4.09. The number of ether oxygens (including phenoxy) is 1. The van der Waals surface area contributed by atoms with Crippen LogP contribution in [0.15, 0.2) is 6.20 Å². The van der Waals surface area contributed by atoms with E-state index in [1.54, 1.807) is 0 Å². The van der Waals surface area contributed by atoms with Gasteiger partial charge in [-0.05, 0) is 43.6 Å². The molecule has 1 heterocycles. The molecular weight excluding hydrogens is 314 g/mol. The van der Waals surface area contributed by atoms with Gasteiger partial charge in [0, 0.05) is 31.7 Å². The topological polar surface area (TPSA) is 56.1 Å². The molecule has 2 aliphatic rings. The van der Waals surface area contributed by atoms with E-state index < -0.39 is 0 Å². The van der Waals surface area contributed by atoms with Crippen LogP contribution in [0.1, 0.15) is 63.6 Å². The van der Waals surface area contributed by atoms with Crippen LogP contribution in [0.2, 0.25) is 0 Å². The Morgan fingerprint density at radius 1 is 1.36 bits per heavy atom. The molecule has 2 aliphatic carbocycles. The fraction of sp³-hybridized carbons (Fsp3) is 0.800. The smallest absolute Gasteiger partial charge is 0.223 e. The second-order valence-electron chi connectivity index (χ2n) is 8.17. The highest BCUT2D eigenvalue weighted by atomic mass is 16.5. The van der Waals surface area contributed by atoms with Gasteiger partial charge in [-0.25, -0.2) is 0 Å². The molecule has 5 heteroatoms. The van der Waals surface area contributed by atoms with Crippen molar-refractivity contribution in [2.75, 3.05) is 6.61 Å². The first-order valence-corrected chi connectivity index (χ1v) is 9.96. The summed E-state index contributed by atoms with van der Waals surface area (Å²) in [4.78, 5) is 12.8. The Labute approximate surface area is 151 Å². The van der Waals surface area contributed by atoms with Crippen LogP contribution < -0.4 is 5.32 Å². The van der Waals surface area contributed by atoms with Gasteiger partial charge in [-0.3, -0.25) is 9.48 Å². The second kappa shape index (κ2) is 8.35. The van der Waals surface area contributed by atoms with Gasteiger partial charge in [-0.15, -0.1) is 0 Å². The predicted octanol–water partition coefficient (Wildman–Crippen LogP) is 3.02. The maximum atomic E-state index is 12.8. The molecule has 1 fully saturated rings. The molecule has 1 amide bonds. The van der Waals surface area contributed by atoms with Crippen LogP contribution in [0.4, 0.5) is 0 Å². The summed E-state index contributed by atoms with van der Waals surface area (Å²) in [5.74, 6) is 0.935. The zero-order valence-corrected chi connectivity index (χ0v) is 16.0. The lowest BCUT2D eigenvalue weighted by molar-refractivity contribution is -0.128. The van der Waals surface area contributed by atoms with E-state index >= 15 is 0 Å². The number of hydrogen-bond acceptors (Lipinski definition) is 3.